The van der Waals surface area contributed by atoms with E-state index in [1.165, 1.54) is 0 Å². The number of methoxy groups -OCH3 is 1. The number of hydrogen-bond acceptors (Lipinski definition) is 4. The molecule has 0 radical (unpaired) electrons. The summed E-state index contributed by atoms with van der Waals surface area (Å²) in [6, 6.07) is 12.8. The summed E-state index contributed by atoms with van der Waals surface area (Å²) in [7, 11) is 1.64. The van der Waals surface area contributed by atoms with Gasteiger partial charge in [0.25, 0.3) is 0 Å². The number of ketones is 1. The van der Waals surface area contributed by atoms with Gasteiger partial charge in [-0.2, -0.15) is 0 Å². The molecule has 1 amide bonds. The lowest BCUT2D eigenvalue weighted by Gasteiger charge is -2.12. The van der Waals surface area contributed by atoms with Crippen LogP contribution in [0.5, 0.6) is 11.5 Å². The van der Waals surface area contributed by atoms with Crippen molar-refractivity contribution in [2.75, 3.05) is 13.7 Å². The van der Waals surface area contributed by atoms with Crippen LogP contribution in [0.25, 0.3) is 10.9 Å². The van der Waals surface area contributed by atoms with Crippen molar-refractivity contribution in [3.63, 3.8) is 0 Å². The summed E-state index contributed by atoms with van der Waals surface area (Å²) in [6.07, 6.45) is 4.55. The van der Waals surface area contributed by atoms with Crippen LogP contribution in [0.2, 0.25) is 0 Å². The molecule has 2 aromatic carbocycles. The lowest BCUT2D eigenvalue weighted by atomic mass is 9.95. The molecule has 1 aliphatic carbocycles. The second kappa shape index (κ2) is 8.61. The Balaban J connectivity index is 1.31. The van der Waals surface area contributed by atoms with Gasteiger partial charge in [-0.1, -0.05) is 12.1 Å². The standard InChI is InChI=1S/C24H26N2O4/c1-30-19-7-9-22-21(13-19)17(14-26-22)10-11-25-24(29)20-8-4-16(23(20)28)12-15-2-5-18(27)6-3-15/h2-3,5-7,9,13-14,16,20,26-27H,4,8,10-12H2,1H3,(H,25,29). The molecule has 6 nitrogen and oxygen atoms in total. The van der Waals surface area contributed by atoms with Gasteiger partial charge in [-0.05, 0) is 67.1 Å². The van der Waals surface area contributed by atoms with Gasteiger partial charge in [0.2, 0.25) is 5.91 Å². The average molecular weight is 406 g/mol. The molecule has 2 atom stereocenters. The predicted molar refractivity (Wildman–Crippen MR) is 115 cm³/mol. The zero-order valence-electron chi connectivity index (χ0n) is 17.0. The van der Waals surface area contributed by atoms with Crippen LogP contribution in [0.3, 0.4) is 0 Å². The summed E-state index contributed by atoms with van der Waals surface area (Å²) < 4.78 is 5.29. The fourth-order valence-electron chi connectivity index (χ4n) is 4.25. The molecule has 0 aliphatic heterocycles. The Morgan fingerprint density at radius 1 is 1.20 bits per heavy atom. The van der Waals surface area contributed by atoms with E-state index in [2.05, 4.69) is 10.3 Å². The van der Waals surface area contributed by atoms with Gasteiger partial charge in [-0.3, -0.25) is 9.59 Å². The second-order valence-corrected chi connectivity index (χ2v) is 7.87. The number of carbonyl (C=O) groups excluding carboxylic acids is 2. The lowest BCUT2D eigenvalue weighted by molar-refractivity contribution is -0.133. The highest BCUT2D eigenvalue weighted by Gasteiger charge is 2.38. The maximum Gasteiger partial charge on any atom is 0.230 e. The predicted octanol–water partition coefficient (Wildman–Crippen LogP) is 3.38. The maximum absolute atomic E-state index is 12.7. The van der Waals surface area contributed by atoms with E-state index >= 15 is 0 Å². The molecular formula is C24H26N2O4. The van der Waals surface area contributed by atoms with Crippen LogP contribution >= 0.6 is 0 Å². The number of phenolic OH excluding ortho intramolecular Hbond substituents is 1. The normalized spacial score (nSPS) is 18.6. The number of rotatable bonds is 7. The number of carbonyl (C=O) groups is 2. The van der Waals surface area contributed by atoms with Gasteiger partial charge in [-0.15, -0.1) is 0 Å². The first-order chi connectivity index (χ1) is 14.5. The van der Waals surface area contributed by atoms with Crippen LogP contribution in [0.1, 0.15) is 24.0 Å². The number of H-pyrrole nitrogens is 1. The number of phenols is 1. The molecule has 30 heavy (non-hydrogen) atoms. The zero-order valence-corrected chi connectivity index (χ0v) is 17.0. The summed E-state index contributed by atoms with van der Waals surface area (Å²) >= 11 is 0. The fraction of sp³-hybridized carbons (Fsp3) is 0.333. The molecule has 1 aliphatic rings. The number of amides is 1. The quantitative estimate of drug-likeness (QED) is 0.525. The largest absolute Gasteiger partial charge is 0.508 e. The Morgan fingerprint density at radius 2 is 2.00 bits per heavy atom. The van der Waals surface area contributed by atoms with Crippen LogP contribution in [0.15, 0.2) is 48.7 Å². The summed E-state index contributed by atoms with van der Waals surface area (Å²) in [6.45, 7) is 0.482. The highest BCUT2D eigenvalue weighted by molar-refractivity contribution is 6.03. The number of aromatic hydroxyl groups is 1. The van der Waals surface area contributed by atoms with Gasteiger partial charge in [0.15, 0.2) is 0 Å². The molecule has 0 saturated heterocycles. The van der Waals surface area contributed by atoms with Crippen molar-refractivity contribution in [3.05, 3.63) is 59.8 Å². The molecule has 1 fully saturated rings. The minimum absolute atomic E-state index is 0.0254. The van der Waals surface area contributed by atoms with Crippen LogP contribution in [0.4, 0.5) is 0 Å². The minimum Gasteiger partial charge on any atom is -0.508 e. The van der Waals surface area contributed by atoms with E-state index in [4.69, 9.17) is 4.74 Å². The Kier molecular flexibility index (Phi) is 5.74. The van der Waals surface area contributed by atoms with Gasteiger partial charge < -0.3 is 20.1 Å². The van der Waals surface area contributed by atoms with Gasteiger partial charge in [0, 0.05) is 29.6 Å². The third-order valence-electron chi connectivity index (χ3n) is 5.95. The summed E-state index contributed by atoms with van der Waals surface area (Å²) in [5.74, 6) is 0.163. The van der Waals surface area contributed by atoms with E-state index in [0.29, 0.717) is 25.8 Å². The van der Waals surface area contributed by atoms with Crippen LogP contribution in [-0.2, 0) is 22.4 Å². The van der Waals surface area contributed by atoms with Gasteiger partial charge in [-0.25, -0.2) is 0 Å². The zero-order chi connectivity index (χ0) is 21.1. The van der Waals surface area contributed by atoms with Crippen molar-refractivity contribution < 1.29 is 19.4 Å². The molecule has 0 spiro atoms. The van der Waals surface area contributed by atoms with Crippen molar-refractivity contribution in [1.29, 1.82) is 0 Å². The van der Waals surface area contributed by atoms with Gasteiger partial charge in [0.05, 0.1) is 13.0 Å². The molecule has 1 saturated carbocycles. The van der Waals surface area contributed by atoms with E-state index in [0.717, 1.165) is 34.2 Å². The monoisotopic (exact) mass is 406 g/mol. The molecule has 156 valence electrons. The molecule has 6 heteroatoms. The maximum atomic E-state index is 12.7. The summed E-state index contributed by atoms with van der Waals surface area (Å²) in [5, 5.41) is 13.4. The number of Topliss-reactive ketones (excluding diaryl/α,β-unsaturated/α-hetero) is 1. The van der Waals surface area contributed by atoms with E-state index in [1.807, 2.05) is 36.5 Å². The topological polar surface area (TPSA) is 91.4 Å². The van der Waals surface area contributed by atoms with Gasteiger partial charge in [0.1, 0.15) is 17.3 Å². The fourth-order valence-corrected chi connectivity index (χ4v) is 4.25. The van der Waals surface area contributed by atoms with Crippen LogP contribution in [-0.4, -0.2) is 35.4 Å². The first-order valence-electron chi connectivity index (χ1n) is 10.3. The second-order valence-electron chi connectivity index (χ2n) is 7.87. The molecule has 1 aromatic heterocycles. The van der Waals surface area contributed by atoms with Crippen molar-refractivity contribution in [2.45, 2.75) is 25.7 Å². The van der Waals surface area contributed by atoms with E-state index in [-0.39, 0.29) is 23.4 Å². The molecule has 3 N–H and O–H groups in total. The highest BCUT2D eigenvalue weighted by Crippen LogP contribution is 2.30. The third kappa shape index (κ3) is 4.17. The molecular weight excluding hydrogens is 380 g/mol. The number of benzene rings is 2. The van der Waals surface area contributed by atoms with Crippen molar-refractivity contribution in [1.82, 2.24) is 10.3 Å². The summed E-state index contributed by atoms with van der Waals surface area (Å²) in [4.78, 5) is 28.6. The van der Waals surface area contributed by atoms with Crippen molar-refractivity contribution in [2.24, 2.45) is 11.8 Å². The minimum atomic E-state index is -0.560. The number of aromatic amines is 1. The van der Waals surface area contributed by atoms with E-state index in [1.54, 1.807) is 19.2 Å². The first kappa shape index (κ1) is 20.0. The van der Waals surface area contributed by atoms with E-state index < -0.39 is 5.92 Å². The third-order valence-corrected chi connectivity index (χ3v) is 5.95. The smallest absolute Gasteiger partial charge is 0.230 e. The molecule has 0 bridgehead atoms. The Hall–Kier alpha value is -3.28. The molecule has 2 unspecified atom stereocenters. The molecule has 3 aromatic rings. The van der Waals surface area contributed by atoms with E-state index in [9.17, 15) is 14.7 Å². The number of hydrogen-bond donors (Lipinski definition) is 3. The highest BCUT2D eigenvalue weighted by atomic mass is 16.5. The van der Waals surface area contributed by atoms with Crippen molar-refractivity contribution >= 4 is 22.6 Å². The lowest BCUT2D eigenvalue weighted by Crippen LogP contribution is -2.35. The number of nitrogens with one attached hydrogen (secondary N) is 2. The average Bonchev–Trinajstić information content (AvgIpc) is 3.32. The number of aromatic nitrogens is 1. The first-order valence-corrected chi connectivity index (χ1v) is 10.3. The van der Waals surface area contributed by atoms with Crippen LogP contribution in [0, 0.1) is 11.8 Å². The molecule has 4 rings (SSSR count). The Morgan fingerprint density at radius 3 is 2.77 bits per heavy atom. The summed E-state index contributed by atoms with van der Waals surface area (Å²) in [5.41, 5.74) is 3.13. The van der Waals surface area contributed by atoms with Crippen LogP contribution < -0.4 is 10.1 Å². The number of fused-ring (bicyclic) bond motifs is 1. The van der Waals surface area contributed by atoms with Gasteiger partial charge >= 0.3 is 0 Å². The van der Waals surface area contributed by atoms with Crippen molar-refractivity contribution in [3.8, 4) is 11.5 Å². The Labute approximate surface area is 175 Å². The Bertz CT molecular complexity index is 1050. The SMILES string of the molecule is COc1ccc2[nH]cc(CCNC(=O)C3CCC(Cc4ccc(O)cc4)C3=O)c2c1. The molecule has 1 heterocycles. The number of ether oxygens (including phenoxy) is 1.